The van der Waals surface area contributed by atoms with Crippen molar-refractivity contribution in [2.75, 3.05) is 27.3 Å². The van der Waals surface area contributed by atoms with Crippen LogP contribution in [0.2, 0.25) is 0 Å². The van der Waals surface area contributed by atoms with Crippen LogP contribution in [0.4, 0.5) is 25.8 Å². The molecule has 2 amide bonds. The van der Waals surface area contributed by atoms with Crippen molar-refractivity contribution in [3.05, 3.63) is 53.6 Å². The summed E-state index contributed by atoms with van der Waals surface area (Å²) in [5, 5.41) is 2.65. The summed E-state index contributed by atoms with van der Waals surface area (Å²) in [6.45, 7) is 3.78. The Balaban J connectivity index is 1.87. The number of carbonyl (C=O) groups excluding carboxylic acids is 2. The predicted molar refractivity (Wildman–Crippen MR) is 115 cm³/mol. The Morgan fingerprint density at radius 2 is 1.87 bits per heavy atom. The molecule has 0 radical (unpaired) electrons. The van der Waals surface area contributed by atoms with Crippen LogP contribution in [-0.2, 0) is 19.6 Å². The summed E-state index contributed by atoms with van der Waals surface area (Å²) in [4.78, 5) is 26.6. The number of nitrogens with one attached hydrogen (secondary N) is 1. The number of rotatable bonds is 6. The lowest BCUT2D eigenvalue weighted by molar-refractivity contribution is -0.117. The highest BCUT2D eigenvalue weighted by atomic mass is 32.2. The van der Waals surface area contributed by atoms with Gasteiger partial charge in [0.1, 0.15) is 6.04 Å². The van der Waals surface area contributed by atoms with Gasteiger partial charge in [-0.2, -0.15) is 0 Å². The average Bonchev–Trinajstić information content (AvgIpc) is 3.10. The van der Waals surface area contributed by atoms with Crippen LogP contribution in [0.25, 0.3) is 0 Å². The Morgan fingerprint density at radius 3 is 2.45 bits per heavy atom. The normalized spacial score (nSPS) is 15.1. The van der Waals surface area contributed by atoms with Crippen LogP contribution in [0.5, 0.6) is 0 Å². The molecule has 2 aromatic rings. The van der Waals surface area contributed by atoms with Crippen LogP contribution < -0.4 is 14.5 Å². The third kappa shape index (κ3) is 4.84. The molecule has 0 bridgehead atoms. The first-order valence-electron chi connectivity index (χ1n) is 9.65. The van der Waals surface area contributed by atoms with E-state index in [1.54, 1.807) is 23.1 Å². The molecule has 0 saturated carbocycles. The van der Waals surface area contributed by atoms with Gasteiger partial charge in [-0.3, -0.25) is 13.9 Å². The molecule has 1 aliphatic rings. The van der Waals surface area contributed by atoms with Crippen LogP contribution in [0.1, 0.15) is 25.3 Å². The Bertz CT molecular complexity index is 1140. The summed E-state index contributed by atoms with van der Waals surface area (Å²) < 4.78 is 52.3. The Morgan fingerprint density at radius 1 is 1.16 bits per heavy atom. The lowest BCUT2D eigenvalue weighted by Gasteiger charge is -2.28. The third-order valence-corrected chi connectivity index (χ3v) is 6.33. The molecule has 31 heavy (non-hydrogen) atoms. The minimum Gasteiger partial charge on any atom is -0.324 e. The summed E-state index contributed by atoms with van der Waals surface area (Å²) in [6, 6.07) is 6.42. The zero-order valence-electron chi connectivity index (χ0n) is 17.4. The maximum Gasteiger partial charge on any atom is 0.247 e. The number of amides is 2. The smallest absolute Gasteiger partial charge is 0.247 e. The molecule has 1 saturated heterocycles. The fourth-order valence-electron chi connectivity index (χ4n) is 3.56. The molecule has 0 aliphatic carbocycles. The van der Waals surface area contributed by atoms with E-state index < -0.39 is 33.6 Å². The lowest BCUT2D eigenvalue weighted by atomic mass is 10.1. The van der Waals surface area contributed by atoms with Gasteiger partial charge in [0.2, 0.25) is 21.8 Å². The van der Waals surface area contributed by atoms with Gasteiger partial charge in [-0.1, -0.05) is 6.07 Å². The number of nitrogens with zero attached hydrogens (tertiary/aromatic N) is 2. The Kier molecular flexibility index (Phi) is 6.30. The fraction of sp³-hybridized carbons (Fsp3) is 0.333. The average molecular weight is 451 g/mol. The van der Waals surface area contributed by atoms with Gasteiger partial charge in [-0.05, 0) is 50.1 Å². The van der Waals surface area contributed by atoms with Crippen LogP contribution in [0.3, 0.4) is 0 Å². The number of benzene rings is 2. The second-order valence-electron chi connectivity index (χ2n) is 7.47. The standard InChI is InChI=1S/C21H23F2N3O4S/c1-13-6-7-15(11-19(13)25-10-4-5-20(25)27)24-21(28)14(2)26(31(3,29)30)16-8-9-17(22)18(23)12-16/h6-9,11-12,14H,4-5,10H2,1-3H3,(H,24,28)/t14-/m1/s1. The molecule has 0 spiro atoms. The van der Waals surface area contributed by atoms with E-state index in [1.807, 2.05) is 6.92 Å². The minimum absolute atomic E-state index is 0.00142. The SMILES string of the molecule is Cc1ccc(NC(=O)[C@@H](C)N(c2ccc(F)c(F)c2)S(C)(=O)=O)cc1N1CCCC1=O. The summed E-state index contributed by atoms with van der Waals surface area (Å²) in [5.41, 5.74) is 1.75. The van der Waals surface area contributed by atoms with Gasteiger partial charge in [-0.25, -0.2) is 17.2 Å². The zero-order valence-corrected chi connectivity index (χ0v) is 18.2. The van der Waals surface area contributed by atoms with Crippen molar-refractivity contribution < 1.29 is 26.8 Å². The summed E-state index contributed by atoms with van der Waals surface area (Å²) in [6.07, 6.45) is 2.09. The zero-order chi connectivity index (χ0) is 22.9. The Labute approximate surface area is 179 Å². The number of hydrogen-bond acceptors (Lipinski definition) is 4. The van der Waals surface area contributed by atoms with Gasteiger partial charge < -0.3 is 10.2 Å². The van der Waals surface area contributed by atoms with Crippen LogP contribution >= 0.6 is 0 Å². The topological polar surface area (TPSA) is 86.8 Å². The van der Waals surface area contributed by atoms with E-state index in [4.69, 9.17) is 0 Å². The highest BCUT2D eigenvalue weighted by Crippen LogP contribution is 2.29. The second-order valence-corrected chi connectivity index (χ2v) is 9.33. The van der Waals surface area contributed by atoms with Crippen molar-refractivity contribution in [1.82, 2.24) is 0 Å². The number of halogens is 2. The van der Waals surface area contributed by atoms with Crippen molar-refractivity contribution in [3.63, 3.8) is 0 Å². The maximum atomic E-state index is 13.7. The molecule has 1 heterocycles. The minimum atomic E-state index is -3.99. The molecule has 0 aromatic heterocycles. The Hall–Kier alpha value is -3.01. The van der Waals surface area contributed by atoms with Crippen molar-refractivity contribution in [3.8, 4) is 0 Å². The van der Waals surface area contributed by atoms with Gasteiger partial charge in [0, 0.05) is 30.4 Å². The quantitative estimate of drug-likeness (QED) is 0.731. The first-order chi connectivity index (χ1) is 14.5. The highest BCUT2D eigenvalue weighted by Gasteiger charge is 2.30. The lowest BCUT2D eigenvalue weighted by Crippen LogP contribution is -2.45. The maximum absolute atomic E-state index is 13.7. The van der Waals surface area contributed by atoms with E-state index in [1.165, 1.54) is 6.92 Å². The van der Waals surface area contributed by atoms with Crippen LogP contribution in [-0.4, -0.2) is 39.1 Å². The van der Waals surface area contributed by atoms with E-state index >= 15 is 0 Å². The molecule has 166 valence electrons. The predicted octanol–water partition coefficient (Wildman–Crippen LogP) is 3.19. The number of aryl methyl sites for hydroxylation is 1. The second kappa shape index (κ2) is 8.62. The van der Waals surface area contributed by atoms with Crippen molar-refractivity contribution in [2.45, 2.75) is 32.7 Å². The van der Waals surface area contributed by atoms with Crippen molar-refractivity contribution in [2.24, 2.45) is 0 Å². The molecular weight excluding hydrogens is 428 g/mol. The third-order valence-electron chi connectivity index (χ3n) is 5.09. The first-order valence-corrected chi connectivity index (χ1v) is 11.5. The first kappa shape index (κ1) is 22.7. The van der Waals surface area contributed by atoms with E-state index in [0.29, 0.717) is 24.3 Å². The number of anilines is 3. The van der Waals surface area contributed by atoms with E-state index in [9.17, 15) is 26.8 Å². The molecule has 0 unspecified atom stereocenters. The fourth-order valence-corrected chi connectivity index (χ4v) is 4.73. The van der Waals surface area contributed by atoms with Gasteiger partial charge in [0.05, 0.1) is 11.9 Å². The van der Waals surface area contributed by atoms with Crippen molar-refractivity contribution >= 4 is 38.9 Å². The van der Waals surface area contributed by atoms with Gasteiger partial charge in [0.15, 0.2) is 11.6 Å². The molecule has 1 fully saturated rings. The molecular formula is C21H23F2N3O4S. The molecule has 1 atom stereocenters. The van der Waals surface area contributed by atoms with Gasteiger partial charge in [0.25, 0.3) is 0 Å². The highest BCUT2D eigenvalue weighted by molar-refractivity contribution is 7.92. The molecule has 3 rings (SSSR count). The number of hydrogen-bond donors (Lipinski definition) is 1. The largest absolute Gasteiger partial charge is 0.324 e. The van der Waals surface area contributed by atoms with Crippen LogP contribution in [0, 0.1) is 18.6 Å². The van der Waals surface area contributed by atoms with E-state index in [-0.39, 0.29) is 11.6 Å². The monoisotopic (exact) mass is 451 g/mol. The number of sulfonamides is 1. The summed E-state index contributed by atoms with van der Waals surface area (Å²) in [5.74, 6) is -3.02. The number of carbonyl (C=O) groups is 2. The van der Waals surface area contributed by atoms with E-state index in [2.05, 4.69) is 5.32 Å². The van der Waals surface area contributed by atoms with Crippen LogP contribution in [0.15, 0.2) is 36.4 Å². The van der Waals surface area contributed by atoms with Gasteiger partial charge in [-0.15, -0.1) is 0 Å². The molecule has 7 nitrogen and oxygen atoms in total. The molecule has 1 aliphatic heterocycles. The summed E-state index contributed by atoms with van der Waals surface area (Å²) >= 11 is 0. The molecule has 2 aromatic carbocycles. The molecule has 1 N–H and O–H groups in total. The van der Waals surface area contributed by atoms with Gasteiger partial charge >= 0.3 is 0 Å². The van der Waals surface area contributed by atoms with Crippen molar-refractivity contribution in [1.29, 1.82) is 0 Å². The summed E-state index contributed by atoms with van der Waals surface area (Å²) in [7, 11) is -3.99. The van der Waals surface area contributed by atoms with E-state index in [0.717, 1.165) is 40.7 Å². The molecule has 10 heteroatoms.